The molecule has 2 heterocycles. The van der Waals surface area contributed by atoms with Gasteiger partial charge in [0.1, 0.15) is 0 Å². The van der Waals surface area contributed by atoms with Crippen molar-refractivity contribution in [2.45, 2.75) is 63.5 Å². The monoisotopic (exact) mass is 622 g/mol. The maximum absolute atomic E-state index is 12.9. The minimum absolute atomic E-state index is 0.0840. The van der Waals surface area contributed by atoms with Crippen LogP contribution >= 0.6 is 0 Å². The molecule has 0 amide bonds. The summed E-state index contributed by atoms with van der Waals surface area (Å²) in [6, 6.07) is 42.3. The fourth-order valence-corrected chi connectivity index (χ4v) is 16.4. The van der Waals surface area contributed by atoms with Crippen molar-refractivity contribution in [3.8, 4) is 0 Å². The molecular formula is C38H46O4Si2. The molecule has 4 aromatic rings. The molecule has 2 aliphatic rings. The zero-order valence-corrected chi connectivity index (χ0v) is 28.6. The van der Waals surface area contributed by atoms with Crippen LogP contribution in [0.4, 0.5) is 0 Å². The SMILES string of the molecule is CC(C)(C[C@H]1CO[C@@H]2OC[C@H](O[Si](c3ccccc3)(c3ccccc3)C(C)(C)C)[C@H]12)[Si](O)(c1ccccc1)c1ccccc1. The third-order valence-corrected chi connectivity index (χ3v) is 19.6. The van der Waals surface area contributed by atoms with Crippen molar-refractivity contribution >= 4 is 37.4 Å². The van der Waals surface area contributed by atoms with Crippen molar-refractivity contribution < 1.29 is 18.7 Å². The molecule has 4 nitrogen and oxygen atoms in total. The summed E-state index contributed by atoms with van der Waals surface area (Å²) >= 11 is 0. The van der Waals surface area contributed by atoms with Crippen LogP contribution in [0.1, 0.15) is 41.0 Å². The third-order valence-electron chi connectivity index (χ3n) is 10.1. The first-order valence-electron chi connectivity index (χ1n) is 15.9. The summed E-state index contributed by atoms with van der Waals surface area (Å²) < 4.78 is 20.3. The molecule has 2 fully saturated rings. The Hall–Kier alpha value is -2.85. The van der Waals surface area contributed by atoms with E-state index in [2.05, 4.69) is 120 Å². The number of hydrogen-bond acceptors (Lipinski definition) is 4. The van der Waals surface area contributed by atoms with Gasteiger partial charge in [0.05, 0.1) is 19.3 Å². The highest BCUT2D eigenvalue weighted by atomic mass is 28.4. The summed E-state index contributed by atoms with van der Waals surface area (Å²) in [6.45, 7) is 12.6. The minimum Gasteiger partial charge on any atom is -0.424 e. The van der Waals surface area contributed by atoms with Crippen LogP contribution in [-0.4, -0.2) is 47.0 Å². The molecular weight excluding hydrogens is 577 g/mol. The average molecular weight is 623 g/mol. The second kappa shape index (κ2) is 12.2. The summed E-state index contributed by atoms with van der Waals surface area (Å²) in [5.41, 5.74) is 0. The van der Waals surface area contributed by atoms with Gasteiger partial charge in [0, 0.05) is 5.92 Å². The first-order chi connectivity index (χ1) is 21.1. The lowest BCUT2D eigenvalue weighted by molar-refractivity contribution is -0.0908. The van der Waals surface area contributed by atoms with Gasteiger partial charge in [-0.2, -0.15) is 0 Å². The maximum atomic E-state index is 12.9. The number of rotatable bonds is 9. The summed E-state index contributed by atoms with van der Waals surface area (Å²) in [7, 11) is -5.95. The Morgan fingerprint density at radius 1 is 0.636 bits per heavy atom. The molecule has 6 heteroatoms. The molecule has 6 rings (SSSR count). The standard InChI is InChI=1S/C38H46O4Si2/c1-37(2,3)44(32-22-14-8-15-23-32,33-24-16-9-17-25-33)42-34-28-41-36-35(34)29(27-40-36)26-38(4,5)43(39,30-18-10-6-11-19-30)31-20-12-7-13-21-31/h6-25,29,34-36,39H,26-28H2,1-5H3/t29-,34-,35-,36+/m0/s1. The smallest absolute Gasteiger partial charge is 0.261 e. The quantitative estimate of drug-likeness (QED) is 0.252. The van der Waals surface area contributed by atoms with E-state index in [0.717, 1.165) is 16.8 Å². The summed E-state index contributed by atoms with van der Waals surface area (Å²) in [4.78, 5) is 12.9. The summed E-state index contributed by atoms with van der Waals surface area (Å²) in [6.07, 6.45) is 0.407. The highest BCUT2D eigenvalue weighted by Gasteiger charge is 2.59. The highest BCUT2D eigenvalue weighted by molar-refractivity contribution is 6.99. The topological polar surface area (TPSA) is 47.9 Å². The minimum atomic E-state index is -3.17. The molecule has 2 saturated heterocycles. The van der Waals surface area contributed by atoms with Crippen LogP contribution in [0.25, 0.3) is 0 Å². The molecule has 4 aromatic carbocycles. The normalized spacial score (nSPS) is 22.6. The molecule has 0 aromatic heterocycles. The number of ether oxygens (including phenoxy) is 2. The van der Waals surface area contributed by atoms with Gasteiger partial charge in [0.15, 0.2) is 6.29 Å². The lowest BCUT2D eigenvalue weighted by atomic mass is 9.84. The Balaban J connectivity index is 1.37. The van der Waals surface area contributed by atoms with Crippen molar-refractivity contribution in [3.05, 3.63) is 121 Å². The van der Waals surface area contributed by atoms with E-state index in [9.17, 15) is 4.80 Å². The van der Waals surface area contributed by atoms with Gasteiger partial charge in [-0.15, -0.1) is 0 Å². The lowest BCUT2D eigenvalue weighted by Crippen LogP contribution is -2.68. The largest absolute Gasteiger partial charge is 0.424 e. The highest BCUT2D eigenvalue weighted by Crippen LogP contribution is 2.50. The van der Waals surface area contributed by atoms with Gasteiger partial charge in [0.25, 0.3) is 16.6 Å². The summed E-state index contributed by atoms with van der Waals surface area (Å²) in [5.74, 6) is 0.271. The Kier molecular flexibility index (Phi) is 8.61. The molecule has 0 bridgehead atoms. The van der Waals surface area contributed by atoms with Crippen LogP contribution in [0.3, 0.4) is 0 Å². The number of hydrogen-bond donors (Lipinski definition) is 1. The fraction of sp³-hybridized carbons (Fsp3) is 0.368. The van der Waals surface area contributed by atoms with Crippen molar-refractivity contribution in [3.63, 3.8) is 0 Å². The van der Waals surface area contributed by atoms with Crippen molar-refractivity contribution in [1.82, 2.24) is 0 Å². The first kappa shape index (κ1) is 31.1. The molecule has 0 unspecified atom stereocenters. The van der Waals surface area contributed by atoms with Gasteiger partial charge in [-0.1, -0.05) is 156 Å². The van der Waals surface area contributed by atoms with Crippen molar-refractivity contribution in [2.24, 2.45) is 11.8 Å². The van der Waals surface area contributed by atoms with Crippen LogP contribution in [0.15, 0.2) is 121 Å². The van der Waals surface area contributed by atoms with Gasteiger partial charge < -0.3 is 18.7 Å². The van der Waals surface area contributed by atoms with E-state index in [4.69, 9.17) is 13.9 Å². The molecule has 0 radical (unpaired) electrons. The van der Waals surface area contributed by atoms with E-state index < -0.39 is 16.6 Å². The van der Waals surface area contributed by atoms with Gasteiger partial charge in [-0.25, -0.2) is 0 Å². The molecule has 44 heavy (non-hydrogen) atoms. The lowest BCUT2D eigenvalue weighted by Gasteiger charge is -2.46. The molecule has 4 atom stereocenters. The second-order valence-electron chi connectivity index (χ2n) is 14.2. The van der Waals surface area contributed by atoms with E-state index in [-0.39, 0.29) is 34.3 Å². The molecule has 2 aliphatic heterocycles. The van der Waals surface area contributed by atoms with Crippen LogP contribution in [0.5, 0.6) is 0 Å². The third kappa shape index (κ3) is 5.36. The van der Waals surface area contributed by atoms with Gasteiger partial charge in [-0.3, -0.25) is 0 Å². The van der Waals surface area contributed by atoms with E-state index >= 15 is 0 Å². The van der Waals surface area contributed by atoms with Crippen LogP contribution in [0.2, 0.25) is 10.1 Å². The predicted molar refractivity (Wildman–Crippen MR) is 184 cm³/mol. The molecule has 0 aliphatic carbocycles. The Labute approximate surface area is 265 Å². The van der Waals surface area contributed by atoms with Crippen LogP contribution in [-0.2, 0) is 13.9 Å². The second-order valence-corrected chi connectivity index (χ2v) is 22.4. The molecule has 0 saturated carbocycles. The zero-order valence-electron chi connectivity index (χ0n) is 26.6. The van der Waals surface area contributed by atoms with E-state index in [1.54, 1.807) is 0 Å². The number of benzene rings is 4. The molecule has 230 valence electrons. The van der Waals surface area contributed by atoms with Gasteiger partial charge in [0.2, 0.25) is 0 Å². The van der Waals surface area contributed by atoms with Crippen LogP contribution in [0, 0.1) is 11.8 Å². The van der Waals surface area contributed by atoms with Gasteiger partial charge >= 0.3 is 0 Å². The zero-order chi connectivity index (χ0) is 31.0. The first-order valence-corrected chi connectivity index (χ1v) is 19.8. The predicted octanol–water partition coefficient (Wildman–Crippen LogP) is 5.47. The van der Waals surface area contributed by atoms with E-state index in [0.29, 0.717) is 13.2 Å². The fourth-order valence-electron chi connectivity index (χ4n) is 7.94. The van der Waals surface area contributed by atoms with Crippen molar-refractivity contribution in [1.29, 1.82) is 0 Å². The Morgan fingerprint density at radius 3 is 1.48 bits per heavy atom. The molecule has 0 spiro atoms. The van der Waals surface area contributed by atoms with E-state index in [1.807, 2.05) is 36.4 Å². The average Bonchev–Trinajstić information content (AvgIpc) is 3.63. The summed E-state index contributed by atoms with van der Waals surface area (Å²) in [5, 5.41) is 4.10. The maximum Gasteiger partial charge on any atom is 0.261 e. The van der Waals surface area contributed by atoms with Crippen molar-refractivity contribution in [2.75, 3.05) is 13.2 Å². The van der Waals surface area contributed by atoms with Crippen LogP contribution < -0.4 is 20.7 Å². The van der Waals surface area contributed by atoms with E-state index in [1.165, 1.54) is 10.4 Å². The Bertz CT molecular complexity index is 1430. The van der Waals surface area contributed by atoms with Gasteiger partial charge in [-0.05, 0) is 43.2 Å². The molecule has 1 N–H and O–H groups in total. The number of fused-ring (bicyclic) bond motifs is 1. The Morgan fingerprint density at radius 2 is 1.05 bits per heavy atom.